The topological polar surface area (TPSA) is 27.0 Å². The molecule has 2 saturated heterocycles. The molecule has 20 heavy (non-hydrogen) atoms. The lowest BCUT2D eigenvalue weighted by molar-refractivity contribution is 0.0844. The Kier molecular flexibility index (Phi) is 4.01. The van der Waals surface area contributed by atoms with Gasteiger partial charge >= 0.3 is 0 Å². The number of fused-ring (bicyclic) bond motifs is 2. The van der Waals surface area contributed by atoms with Crippen molar-refractivity contribution >= 4 is 11.6 Å². The number of halogens is 1. The maximum Gasteiger partial charge on any atom is 0.0655 e. The average Bonchev–Trinajstić information content (AvgIpc) is 2.70. The van der Waals surface area contributed by atoms with Crippen molar-refractivity contribution in [1.82, 2.24) is 4.90 Å². The van der Waals surface area contributed by atoms with E-state index in [0.717, 1.165) is 11.6 Å². The number of hydrogen-bond donors (Lipinski definition) is 0. The van der Waals surface area contributed by atoms with Gasteiger partial charge < -0.3 is 0 Å². The molecule has 0 spiro atoms. The summed E-state index contributed by atoms with van der Waals surface area (Å²) < 4.78 is 0. The number of piperidine rings is 1. The monoisotopic (exact) mass is 288 g/mol. The fourth-order valence-corrected chi connectivity index (χ4v) is 4.11. The zero-order valence-electron chi connectivity index (χ0n) is 11.9. The first-order chi connectivity index (χ1) is 9.69. The van der Waals surface area contributed by atoms with Gasteiger partial charge in [0.1, 0.15) is 0 Å². The number of benzene rings is 1. The highest BCUT2D eigenvalue weighted by molar-refractivity contribution is 6.31. The third kappa shape index (κ3) is 2.57. The number of hydrogen-bond acceptors (Lipinski definition) is 2. The lowest BCUT2D eigenvalue weighted by Gasteiger charge is -2.40. The first-order valence-electron chi connectivity index (χ1n) is 7.57. The summed E-state index contributed by atoms with van der Waals surface area (Å²) in [5.74, 6) is 0.778. The van der Waals surface area contributed by atoms with Gasteiger partial charge in [-0.05, 0) is 50.2 Å². The Morgan fingerprint density at radius 2 is 1.95 bits per heavy atom. The van der Waals surface area contributed by atoms with Gasteiger partial charge in [-0.15, -0.1) is 0 Å². The maximum absolute atomic E-state index is 9.14. The normalized spacial score (nSPS) is 30.9. The second-order valence-corrected chi connectivity index (χ2v) is 6.71. The lowest BCUT2D eigenvalue weighted by Crippen LogP contribution is -2.43. The standard InChI is InChI=1S/C17H21ClN2/c1-12(10-19)14-8-15-6-7-16(9-14)20(15)11-13-4-2-3-5-17(13)18/h2-5,12,14-16H,6-9,11H2,1H3. The van der Waals surface area contributed by atoms with Crippen LogP contribution in [0, 0.1) is 23.2 Å². The van der Waals surface area contributed by atoms with Crippen molar-refractivity contribution in [1.29, 1.82) is 5.26 Å². The minimum Gasteiger partial charge on any atom is -0.293 e. The Bertz CT molecular complexity index is 508. The highest BCUT2D eigenvalue weighted by Crippen LogP contribution is 2.42. The predicted molar refractivity (Wildman–Crippen MR) is 81.3 cm³/mol. The van der Waals surface area contributed by atoms with Gasteiger partial charge in [0.2, 0.25) is 0 Å². The second-order valence-electron chi connectivity index (χ2n) is 6.30. The van der Waals surface area contributed by atoms with Crippen molar-refractivity contribution in [3.8, 4) is 6.07 Å². The molecule has 2 bridgehead atoms. The maximum atomic E-state index is 9.14. The molecule has 2 aliphatic heterocycles. The predicted octanol–water partition coefficient (Wildman–Crippen LogP) is 4.24. The van der Waals surface area contributed by atoms with Crippen LogP contribution in [0.2, 0.25) is 5.02 Å². The van der Waals surface area contributed by atoms with Crippen molar-refractivity contribution < 1.29 is 0 Å². The van der Waals surface area contributed by atoms with Crippen LogP contribution in [0.5, 0.6) is 0 Å². The Hall–Kier alpha value is -1.04. The highest BCUT2D eigenvalue weighted by atomic mass is 35.5. The van der Waals surface area contributed by atoms with Crippen molar-refractivity contribution in [2.24, 2.45) is 11.8 Å². The molecule has 1 aromatic rings. The summed E-state index contributed by atoms with van der Waals surface area (Å²) in [6.07, 6.45) is 4.92. The highest BCUT2D eigenvalue weighted by Gasteiger charge is 2.42. The van der Waals surface area contributed by atoms with E-state index in [1.165, 1.54) is 31.2 Å². The van der Waals surface area contributed by atoms with E-state index >= 15 is 0 Å². The molecule has 1 aromatic carbocycles. The molecule has 3 atom stereocenters. The SMILES string of the molecule is CC(C#N)C1CC2CCC(C1)N2Cc1ccccc1Cl. The second kappa shape index (κ2) is 5.76. The first-order valence-corrected chi connectivity index (χ1v) is 7.95. The van der Waals surface area contributed by atoms with E-state index in [0.29, 0.717) is 18.0 Å². The molecule has 2 nitrogen and oxygen atoms in total. The van der Waals surface area contributed by atoms with Crippen molar-refractivity contribution in [3.05, 3.63) is 34.9 Å². The van der Waals surface area contributed by atoms with Gasteiger partial charge in [0.15, 0.2) is 0 Å². The van der Waals surface area contributed by atoms with Crippen molar-refractivity contribution in [2.75, 3.05) is 0 Å². The Morgan fingerprint density at radius 1 is 1.30 bits per heavy atom. The molecule has 0 saturated carbocycles. The molecule has 0 N–H and O–H groups in total. The van der Waals surface area contributed by atoms with Gasteiger partial charge in [-0.1, -0.05) is 29.8 Å². The Balaban J connectivity index is 1.72. The van der Waals surface area contributed by atoms with Crippen LogP contribution in [-0.4, -0.2) is 17.0 Å². The molecule has 106 valence electrons. The Morgan fingerprint density at radius 3 is 2.55 bits per heavy atom. The summed E-state index contributed by atoms with van der Waals surface area (Å²) in [6, 6.07) is 11.9. The van der Waals surface area contributed by atoms with E-state index in [9.17, 15) is 0 Å². The van der Waals surface area contributed by atoms with Crippen LogP contribution in [0.4, 0.5) is 0 Å². The number of nitriles is 1. The van der Waals surface area contributed by atoms with Crippen molar-refractivity contribution in [3.63, 3.8) is 0 Å². The zero-order chi connectivity index (χ0) is 14.1. The van der Waals surface area contributed by atoms with E-state index in [2.05, 4.69) is 30.0 Å². The summed E-state index contributed by atoms with van der Waals surface area (Å²) in [7, 11) is 0. The molecule has 0 aliphatic carbocycles. The summed E-state index contributed by atoms with van der Waals surface area (Å²) >= 11 is 6.29. The minimum atomic E-state index is 0.195. The van der Waals surface area contributed by atoms with Gasteiger partial charge in [-0.25, -0.2) is 0 Å². The molecule has 0 aromatic heterocycles. The smallest absolute Gasteiger partial charge is 0.0655 e. The van der Waals surface area contributed by atoms with Crippen molar-refractivity contribution in [2.45, 2.75) is 51.2 Å². The van der Waals surface area contributed by atoms with Gasteiger partial charge in [0, 0.05) is 29.6 Å². The quantitative estimate of drug-likeness (QED) is 0.832. The van der Waals surface area contributed by atoms with Gasteiger partial charge in [-0.2, -0.15) is 5.26 Å². The van der Waals surface area contributed by atoms with Gasteiger partial charge in [0.25, 0.3) is 0 Å². The Labute approximate surface area is 126 Å². The third-order valence-corrected chi connectivity index (χ3v) is 5.51. The average molecular weight is 289 g/mol. The molecule has 2 fully saturated rings. The lowest BCUT2D eigenvalue weighted by atomic mass is 9.82. The van der Waals surface area contributed by atoms with Crippen LogP contribution in [0.15, 0.2) is 24.3 Å². The molecule has 2 aliphatic rings. The third-order valence-electron chi connectivity index (χ3n) is 5.14. The fourth-order valence-electron chi connectivity index (χ4n) is 3.91. The van der Waals surface area contributed by atoms with Crippen LogP contribution < -0.4 is 0 Å². The van der Waals surface area contributed by atoms with Crippen LogP contribution in [-0.2, 0) is 6.54 Å². The van der Waals surface area contributed by atoms with E-state index in [1.807, 2.05) is 12.1 Å². The first kappa shape index (κ1) is 13.9. The molecule has 3 unspecified atom stereocenters. The molecule has 2 heterocycles. The molecular formula is C17H21ClN2. The summed E-state index contributed by atoms with van der Waals surface area (Å²) in [4.78, 5) is 2.63. The minimum absolute atomic E-state index is 0.195. The largest absolute Gasteiger partial charge is 0.293 e. The van der Waals surface area contributed by atoms with Crippen LogP contribution in [0.3, 0.4) is 0 Å². The summed E-state index contributed by atoms with van der Waals surface area (Å²) in [6.45, 7) is 3.04. The van der Waals surface area contributed by atoms with E-state index < -0.39 is 0 Å². The van der Waals surface area contributed by atoms with E-state index in [1.54, 1.807) is 0 Å². The number of rotatable bonds is 3. The zero-order valence-corrected chi connectivity index (χ0v) is 12.7. The van der Waals surface area contributed by atoms with Crippen LogP contribution in [0.1, 0.15) is 38.2 Å². The van der Waals surface area contributed by atoms with Gasteiger partial charge in [0.05, 0.1) is 6.07 Å². The van der Waals surface area contributed by atoms with Gasteiger partial charge in [-0.3, -0.25) is 4.90 Å². The number of nitrogens with zero attached hydrogens (tertiary/aromatic N) is 2. The summed E-state index contributed by atoms with van der Waals surface area (Å²) in [5.41, 5.74) is 1.23. The molecule has 3 heteroatoms. The van der Waals surface area contributed by atoms with E-state index in [-0.39, 0.29) is 5.92 Å². The fraction of sp³-hybridized carbons (Fsp3) is 0.588. The molecule has 0 radical (unpaired) electrons. The van der Waals surface area contributed by atoms with Crippen LogP contribution >= 0.6 is 11.6 Å². The summed E-state index contributed by atoms with van der Waals surface area (Å²) in [5, 5.41) is 10.0. The molecule has 0 amide bonds. The molecule has 3 rings (SSSR count). The van der Waals surface area contributed by atoms with Crippen LogP contribution in [0.25, 0.3) is 0 Å². The molecular weight excluding hydrogens is 268 g/mol. The van der Waals surface area contributed by atoms with E-state index in [4.69, 9.17) is 16.9 Å².